The van der Waals surface area contributed by atoms with Gasteiger partial charge in [0.15, 0.2) is 0 Å². The molecule has 0 spiro atoms. The van der Waals surface area contributed by atoms with Gasteiger partial charge in [0, 0.05) is 18.8 Å². The molecule has 2 rings (SSSR count). The van der Waals surface area contributed by atoms with Crippen molar-refractivity contribution in [2.75, 3.05) is 18.0 Å². The van der Waals surface area contributed by atoms with Crippen molar-refractivity contribution in [2.45, 2.75) is 12.8 Å². The number of unbranched alkanes of at least 4 members (excludes halogenated alkanes) is 1. The molecule has 0 fully saturated rings. The molecule has 0 unspecified atom stereocenters. The smallest absolute Gasteiger partial charge is 0.0369 e. The standard InChI is InChI=1S/C20H23N/c1-2-17-21(20-15-9-4-10-16-20)18-11-5-8-14-19-12-6-3-7-13-19/h2-4,6-10,12-16H,1,5,11,17-18H2. The average Bonchev–Trinajstić information content (AvgIpc) is 2.55. The van der Waals surface area contributed by atoms with Gasteiger partial charge in [0.25, 0.3) is 0 Å². The highest BCUT2D eigenvalue weighted by atomic mass is 15.1. The molecule has 0 atom stereocenters. The second-order valence-electron chi connectivity index (χ2n) is 5.03. The second-order valence-corrected chi connectivity index (χ2v) is 5.03. The number of hydrogen-bond acceptors (Lipinski definition) is 1. The van der Waals surface area contributed by atoms with Crippen LogP contribution in [0.2, 0.25) is 0 Å². The number of nitrogens with zero attached hydrogens (tertiary/aromatic N) is 1. The van der Waals surface area contributed by atoms with Gasteiger partial charge in [-0.2, -0.15) is 0 Å². The van der Waals surface area contributed by atoms with Crippen molar-refractivity contribution in [3.05, 3.63) is 85.0 Å². The van der Waals surface area contributed by atoms with E-state index in [9.17, 15) is 0 Å². The number of allylic oxidation sites excluding steroid dienone is 1. The number of hydrogen-bond donors (Lipinski definition) is 0. The van der Waals surface area contributed by atoms with Crippen LogP contribution in [0, 0.1) is 0 Å². The van der Waals surface area contributed by atoms with Gasteiger partial charge in [-0.3, -0.25) is 0 Å². The fraction of sp³-hybridized carbons (Fsp3) is 0.200. The summed E-state index contributed by atoms with van der Waals surface area (Å²) < 4.78 is 0. The van der Waals surface area contributed by atoms with Gasteiger partial charge in [0.2, 0.25) is 0 Å². The Hall–Kier alpha value is -2.28. The number of benzene rings is 2. The monoisotopic (exact) mass is 277 g/mol. The average molecular weight is 277 g/mol. The Labute approximate surface area is 128 Å². The molecule has 0 N–H and O–H groups in total. The molecule has 0 aliphatic heterocycles. The van der Waals surface area contributed by atoms with Crippen molar-refractivity contribution in [1.82, 2.24) is 0 Å². The van der Waals surface area contributed by atoms with Gasteiger partial charge in [-0.05, 0) is 30.5 Å². The minimum Gasteiger partial charge on any atom is -0.368 e. The minimum absolute atomic E-state index is 0.895. The molecule has 0 aliphatic carbocycles. The zero-order valence-electron chi connectivity index (χ0n) is 12.5. The largest absolute Gasteiger partial charge is 0.368 e. The Morgan fingerprint density at radius 1 is 0.905 bits per heavy atom. The van der Waals surface area contributed by atoms with Crippen LogP contribution < -0.4 is 4.90 Å². The summed E-state index contributed by atoms with van der Waals surface area (Å²) in [5.41, 5.74) is 2.54. The maximum absolute atomic E-state index is 3.85. The summed E-state index contributed by atoms with van der Waals surface area (Å²) in [6, 6.07) is 21.0. The van der Waals surface area contributed by atoms with E-state index in [2.05, 4.69) is 78.2 Å². The first-order valence-corrected chi connectivity index (χ1v) is 7.52. The zero-order valence-corrected chi connectivity index (χ0v) is 12.5. The topological polar surface area (TPSA) is 3.24 Å². The van der Waals surface area contributed by atoms with E-state index in [1.54, 1.807) is 0 Å². The van der Waals surface area contributed by atoms with Gasteiger partial charge in [-0.1, -0.05) is 66.8 Å². The molecule has 0 bridgehead atoms. The van der Waals surface area contributed by atoms with E-state index in [1.165, 1.54) is 11.3 Å². The number of para-hydroxylation sites is 1. The molecule has 0 saturated heterocycles. The van der Waals surface area contributed by atoms with Gasteiger partial charge in [-0.25, -0.2) is 0 Å². The lowest BCUT2D eigenvalue weighted by Crippen LogP contribution is -2.24. The van der Waals surface area contributed by atoms with E-state index < -0.39 is 0 Å². The van der Waals surface area contributed by atoms with Crippen molar-refractivity contribution in [3.63, 3.8) is 0 Å². The van der Waals surface area contributed by atoms with Crippen molar-refractivity contribution >= 4 is 11.8 Å². The van der Waals surface area contributed by atoms with Crippen molar-refractivity contribution in [3.8, 4) is 0 Å². The molecule has 1 heteroatoms. The van der Waals surface area contributed by atoms with Crippen LogP contribution in [0.1, 0.15) is 18.4 Å². The molecular formula is C20H23N. The van der Waals surface area contributed by atoms with Crippen molar-refractivity contribution in [2.24, 2.45) is 0 Å². The van der Waals surface area contributed by atoms with Crippen LogP contribution in [0.5, 0.6) is 0 Å². The number of rotatable bonds is 8. The summed E-state index contributed by atoms with van der Waals surface area (Å²) >= 11 is 0. The maximum atomic E-state index is 3.85. The van der Waals surface area contributed by atoms with Gasteiger partial charge >= 0.3 is 0 Å². The summed E-state index contributed by atoms with van der Waals surface area (Å²) in [5, 5.41) is 0. The van der Waals surface area contributed by atoms with E-state index >= 15 is 0 Å². The molecule has 0 radical (unpaired) electrons. The zero-order chi connectivity index (χ0) is 14.8. The van der Waals surface area contributed by atoms with Crippen molar-refractivity contribution in [1.29, 1.82) is 0 Å². The van der Waals surface area contributed by atoms with Crippen LogP contribution in [0.15, 0.2) is 79.4 Å². The molecule has 0 aromatic heterocycles. The first-order valence-electron chi connectivity index (χ1n) is 7.52. The SMILES string of the molecule is C=CCN(CCCC=Cc1ccccc1)c1ccccc1. The van der Waals surface area contributed by atoms with Crippen LogP contribution >= 0.6 is 0 Å². The highest BCUT2D eigenvalue weighted by molar-refractivity contribution is 5.49. The molecule has 1 nitrogen and oxygen atoms in total. The fourth-order valence-electron chi connectivity index (χ4n) is 2.30. The minimum atomic E-state index is 0.895. The molecule has 108 valence electrons. The van der Waals surface area contributed by atoms with Gasteiger partial charge in [0.05, 0.1) is 0 Å². The van der Waals surface area contributed by atoms with E-state index in [0.717, 1.165) is 25.9 Å². The molecule has 2 aromatic carbocycles. The lowest BCUT2D eigenvalue weighted by molar-refractivity contribution is 0.776. The van der Waals surface area contributed by atoms with Crippen LogP contribution in [0.3, 0.4) is 0 Å². The third-order valence-electron chi connectivity index (χ3n) is 3.38. The molecule has 0 saturated carbocycles. The summed E-state index contributed by atoms with van der Waals surface area (Å²) in [6.07, 6.45) is 8.65. The van der Waals surface area contributed by atoms with E-state index in [0.29, 0.717) is 0 Å². The highest BCUT2D eigenvalue weighted by Crippen LogP contribution is 2.14. The molecule has 0 amide bonds. The normalized spacial score (nSPS) is 10.7. The molecule has 21 heavy (non-hydrogen) atoms. The van der Waals surface area contributed by atoms with Crippen LogP contribution in [0.25, 0.3) is 6.08 Å². The number of anilines is 1. The Bertz CT molecular complexity index is 543. The predicted octanol–water partition coefficient (Wildman–Crippen LogP) is 5.17. The van der Waals surface area contributed by atoms with Gasteiger partial charge in [0.1, 0.15) is 0 Å². The van der Waals surface area contributed by atoms with Gasteiger partial charge < -0.3 is 4.90 Å². The Morgan fingerprint density at radius 3 is 2.24 bits per heavy atom. The summed E-state index contributed by atoms with van der Waals surface area (Å²) in [4.78, 5) is 2.36. The van der Waals surface area contributed by atoms with E-state index in [1.807, 2.05) is 12.1 Å². The maximum Gasteiger partial charge on any atom is 0.0369 e. The van der Waals surface area contributed by atoms with Gasteiger partial charge in [-0.15, -0.1) is 6.58 Å². The first kappa shape index (κ1) is 15.1. The fourth-order valence-corrected chi connectivity index (χ4v) is 2.30. The molecule has 0 heterocycles. The van der Waals surface area contributed by atoms with E-state index in [4.69, 9.17) is 0 Å². The summed E-state index contributed by atoms with van der Waals surface area (Å²) in [7, 11) is 0. The Morgan fingerprint density at radius 2 is 1.57 bits per heavy atom. The molecule has 0 aliphatic rings. The predicted molar refractivity (Wildman–Crippen MR) is 93.6 cm³/mol. The Kier molecular flexibility index (Phi) is 6.34. The van der Waals surface area contributed by atoms with Crippen molar-refractivity contribution < 1.29 is 0 Å². The van der Waals surface area contributed by atoms with Crippen LogP contribution in [-0.4, -0.2) is 13.1 Å². The second kappa shape index (κ2) is 8.80. The van der Waals surface area contributed by atoms with Crippen LogP contribution in [-0.2, 0) is 0 Å². The third kappa shape index (κ3) is 5.31. The first-order chi connectivity index (χ1) is 10.4. The molecule has 2 aromatic rings. The lowest BCUT2D eigenvalue weighted by atomic mass is 10.2. The lowest BCUT2D eigenvalue weighted by Gasteiger charge is -2.23. The summed E-state index contributed by atoms with van der Waals surface area (Å²) in [6.45, 7) is 5.80. The van der Waals surface area contributed by atoms with Crippen LogP contribution in [0.4, 0.5) is 5.69 Å². The quantitative estimate of drug-likeness (QED) is 0.475. The highest BCUT2D eigenvalue weighted by Gasteiger charge is 2.02. The molecular weight excluding hydrogens is 254 g/mol. The Balaban J connectivity index is 1.80. The third-order valence-corrected chi connectivity index (χ3v) is 3.38. The van der Waals surface area contributed by atoms with E-state index in [-0.39, 0.29) is 0 Å². The summed E-state index contributed by atoms with van der Waals surface area (Å²) in [5.74, 6) is 0.